The minimum absolute atomic E-state index is 0.0551. The van der Waals surface area contributed by atoms with Gasteiger partial charge in [0.2, 0.25) is 5.91 Å². The molecule has 0 saturated carbocycles. The van der Waals surface area contributed by atoms with Crippen molar-refractivity contribution in [2.75, 3.05) is 16.2 Å². The first-order valence-corrected chi connectivity index (χ1v) is 10.1. The molecule has 0 aliphatic rings. The van der Waals surface area contributed by atoms with Crippen molar-refractivity contribution in [3.8, 4) is 0 Å². The van der Waals surface area contributed by atoms with Gasteiger partial charge in [-0.2, -0.15) is 0 Å². The summed E-state index contributed by atoms with van der Waals surface area (Å²) in [5, 5.41) is 2.37. The van der Waals surface area contributed by atoms with Crippen molar-refractivity contribution in [2.45, 2.75) is 11.8 Å². The van der Waals surface area contributed by atoms with Gasteiger partial charge in [0.05, 0.1) is 16.3 Å². The van der Waals surface area contributed by atoms with Crippen molar-refractivity contribution in [1.82, 2.24) is 0 Å². The van der Waals surface area contributed by atoms with E-state index in [1.807, 2.05) is 6.92 Å². The molecule has 0 fully saturated rings. The van der Waals surface area contributed by atoms with E-state index in [4.69, 9.17) is 0 Å². The van der Waals surface area contributed by atoms with Crippen LogP contribution in [0.2, 0.25) is 0 Å². The van der Waals surface area contributed by atoms with E-state index in [1.165, 1.54) is 18.2 Å². The van der Waals surface area contributed by atoms with E-state index in [2.05, 4.69) is 5.32 Å². The summed E-state index contributed by atoms with van der Waals surface area (Å²) in [5.74, 6) is -1.94. The molecule has 8 heteroatoms. The number of nitrogens with zero attached hydrogens (tertiary/aromatic N) is 1. The summed E-state index contributed by atoms with van der Waals surface area (Å²) in [6, 6.07) is 16.4. The van der Waals surface area contributed by atoms with Crippen molar-refractivity contribution in [3.05, 3.63) is 90.0 Å². The number of carbonyl (C=O) groups excluding carboxylic acids is 1. The zero-order chi connectivity index (χ0) is 21.0. The first-order chi connectivity index (χ1) is 13.8. The number of hydrogen-bond donors (Lipinski definition) is 1. The number of hydrogen-bond acceptors (Lipinski definition) is 3. The van der Waals surface area contributed by atoms with Crippen LogP contribution < -0.4 is 9.62 Å². The molecule has 29 heavy (non-hydrogen) atoms. The number of anilines is 2. The molecule has 1 amide bonds. The Morgan fingerprint density at radius 2 is 1.55 bits per heavy atom. The molecule has 3 aromatic carbocycles. The van der Waals surface area contributed by atoms with Crippen LogP contribution in [-0.2, 0) is 14.8 Å². The lowest BCUT2D eigenvalue weighted by molar-refractivity contribution is -0.114. The SMILES string of the molecule is Cc1ccc(N(CC(=O)Nc2ccccc2F)S(=O)(=O)c2ccc(F)cc2)cc1. The molecule has 5 nitrogen and oxygen atoms in total. The summed E-state index contributed by atoms with van der Waals surface area (Å²) < 4.78 is 54.2. The number of benzene rings is 3. The lowest BCUT2D eigenvalue weighted by Gasteiger charge is -2.24. The first kappa shape index (κ1) is 20.5. The molecule has 0 atom stereocenters. The Hall–Kier alpha value is -3.26. The zero-order valence-electron chi connectivity index (χ0n) is 15.5. The Morgan fingerprint density at radius 1 is 0.931 bits per heavy atom. The van der Waals surface area contributed by atoms with Gasteiger partial charge in [-0.25, -0.2) is 17.2 Å². The number of amides is 1. The molecule has 0 aliphatic heterocycles. The topological polar surface area (TPSA) is 66.5 Å². The highest BCUT2D eigenvalue weighted by Gasteiger charge is 2.27. The average Bonchev–Trinajstić information content (AvgIpc) is 2.69. The van der Waals surface area contributed by atoms with Gasteiger partial charge in [0, 0.05) is 0 Å². The van der Waals surface area contributed by atoms with Gasteiger partial charge in [0.1, 0.15) is 18.2 Å². The number of sulfonamides is 1. The van der Waals surface area contributed by atoms with Gasteiger partial charge in [0.15, 0.2) is 0 Å². The normalized spacial score (nSPS) is 11.1. The smallest absolute Gasteiger partial charge is 0.264 e. The number of halogens is 2. The fraction of sp³-hybridized carbons (Fsp3) is 0.0952. The molecule has 0 unspecified atom stereocenters. The zero-order valence-corrected chi connectivity index (χ0v) is 16.3. The molecule has 0 heterocycles. The summed E-state index contributed by atoms with van der Waals surface area (Å²) in [5.41, 5.74) is 1.10. The van der Waals surface area contributed by atoms with Gasteiger partial charge in [-0.15, -0.1) is 0 Å². The number of rotatable bonds is 6. The minimum Gasteiger partial charge on any atom is -0.322 e. The third-order valence-corrected chi connectivity index (χ3v) is 5.95. The second-order valence-corrected chi connectivity index (χ2v) is 8.19. The summed E-state index contributed by atoms with van der Waals surface area (Å²) in [4.78, 5) is 12.3. The van der Waals surface area contributed by atoms with Crippen molar-refractivity contribution in [2.24, 2.45) is 0 Å². The Balaban J connectivity index is 1.95. The summed E-state index contributed by atoms with van der Waals surface area (Å²) >= 11 is 0. The summed E-state index contributed by atoms with van der Waals surface area (Å²) in [7, 11) is -4.17. The second-order valence-electron chi connectivity index (χ2n) is 6.33. The van der Waals surface area contributed by atoms with Gasteiger partial charge in [0.25, 0.3) is 10.0 Å². The number of aryl methyl sites for hydroxylation is 1. The summed E-state index contributed by atoms with van der Waals surface area (Å²) in [6.07, 6.45) is 0. The Bertz CT molecular complexity index is 1120. The Morgan fingerprint density at radius 3 is 2.17 bits per heavy atom. The maximum Gasteiger partial charge on any atom is 0.264 e. The number of carbonyl (C=O) groups is 1. The molecular weight excluding hydrogens is 398 g/mol. The van der Waals surface area contributed by atoms with Crippen LogP contribution in [0.1, 0.15) is 5.56 Å². The average molecular weight is 416 g/mol. The maximum absolute atomic E-state index is 13.8. The molecule has 150 valence electrons. The fourth-order valence-corrected chi connectivity index (χ4v) is 4.06. The Kier molecular flexibility index (Phi) is 5.93. The van der Waals surface area contributed by atoms with Gasteiger partial charge >= 0.3 is 0 Å². The van der Waals surface area contributed by atoms with Crippen molar-refractivity contribution >= 4 is 27.3 Å². The summed E-state index contributed by atoms with van der Waals surface area (Å²) in [6.45, 7) is 1.25. The van der Waals surface area contributed by atoms with Gasteiger partial charge < -0.3 is 5.32 Å². The standard InChI is InChI=1S/C21H18F2N2O3S/c1-15-6-10-17(11-7-15)25(29(27,28)18-12-8-16(22)9-13-18)14-21(26)24-20-5-3-2-4-19(20)23/h2-13H,14H2,1H3,(H,24,26). The molecule has 0 radical (unpaired) electrons. The monoisotopic (exact) mass is 416 g/mol. The van der Waals surface area contributed by atoms with Crippen LogP contribution in [0.25, 0.3) is 0 Å². The highest BCUT2D eigenvalue weighted by molar-refractivity contribution is 7.92. The predicted octanol–water partition coefficient (Wildman–Crippen LogP) is 4.11. The highest BCUT2D eigenvalue weighted by Crippen LogP contribution is 2.24. The van der Waals surface area contributed by atoms with Crippen LogP contribution in [0.15, 0.2) is 77.7 Å². The molecule has 3 aromatic rings. The van der Waals surface area contributed by atoms with E-state index >= 15 is 0 Å². The van der Waals surface area contributed by atoms with E-state index in [-0.39, 0.29) is 16.3 Å². The highest BCUT2D eigenvalue weighted by atomic mass is 32.2. The number of para-hydroxylation sites is 1. The van der Waals surface area contributed by atoms with Crippen molar-refractivity contribution in [1.29, 1.82) is 0 Å². The van der Waals surface area contributed by atoms with Crippen LogP contribution in [-0.4, -0.2) is 20.9 Å². The lowest BCUT2D eigenvalue weighted by atomic mass is 10.2. The van der Waals surface area contributed by atoms with Crippen LogP contribution >= 0.6 is 0 Å². The van der Waals surface area contributed by atoms with Crippen LogP contribution in [0, 0.1) is 18.6 Å². The third-order valence-electron chi connectivity index (χ3n) is 4.16. The quantitative estimate of drug-likeness (QED) is 0.658. The van der Waals surface area contributed by atoms with E-state index in [1.54, 1.807) is 30.3 Å². The first-order valence-electron chi connectivity index (χ1n) is 8.67. The van der Waals surface area contributed by atoms with E-state index in [0.717, 1.165) is 34.1 Å². The fourth-order valence-electron chi connectivity index (χ4n) is 2.64. The predicted molar refractivity (Wildman–Crippen MR) is 107 cm³/mol. The largest absolute Gasteiger partial charge is 0.322 e. The molecule has 1 N–H and O–H groups in total. The molecule has 3 rings (SSSR count). The second kappa shape index (κ2) is 8.40. The van der Waals surface area contributed by atoms with Crippen molar-refractivity contribution in [3.63, 3.8) is 0 Å². The maximum atomic E-state index is 13.8. The van der Waals surface area contributed by atoms with E-state index < -0.39 is 34.1 Å². The lowest BCUT2D eigenvalue weighted by Crippen LogP contribution is -2.38. The van der Waals surface area contributed by atoms with E-state index in [0.29, 0.717) is 0 Å². The minimum atomic E-state index is -4.17. The van der Waals surface area contributed by atoms with Gasteiger partial charge in [-0.05, 0) is 55.5 Å². The Labute approximate surface area is 167 Å². The van der Waals surface area contributed by atoms with Gasteiger partial charge in [-0.3, -0.25) is 9.10 Å². The molecule has 0 bridgehead atoms. The van der Waals surface area contributed by atoms with E-state index in [9.17, 15) is 22.0 Å². The van der Waals surface area contributed by atoms with Crippen molar-refractivity contribution < 1.29 is 22.0 Å². The van der Waals surface area contributed by atoms with Crippen LogP contribution in [0.4, 0.5) is 20.2 Å². The van der Waals surface area contributed by atoms with Crippen LogP contribution in [0.3, 0.4) is 0 Å². The molecule has 0 aliphatic carbocycles. The van der Waals surface area contributed by atoms with Crippen LogP contribution in [0.5, 0.6) is 0 Å². The van der Waals surface area contributed by atoms with Gasteiger partial charge in [-0.1, -0.05) is 29.8 Å². The third kappa shape index (κ3) is 4.78. The molecule has 0 saturated heterocycles. The molecule has 0 aromatic heterocycles. The molecular formula is C21H18F2N2O3S. The molecule has 0 spiro atoms. The number of nitrogens with one attached hydrogen (secondary N) is 1.